The molecular formula is C13H29NS. The smallest absolute Gasteiger partial charge is 0.00904 e. The quantitative estimate of drug-likeness (QED) is 0.554. The summed E-state index contributed by atoms with van der Waals surface area (Å²) in [6.45, 7) is 14.0. The third kappa shape index (κ3) is 7.24. The molecule has 0 saturated heterocycles. The van der Waals surface area contributed by atoms with Gasteiger partial charge >= 0.3 is 0 Å². The van der Waals surface area contributed by atoms with Crippen molar-refractivity contribution in [2.24, 2.45) is 5.92 Å². The summed E-state index contributed by atoms with van der Waals surface area (Å²) in [6, 6.07) is 0.796. The standard InChI is InChI=1S/C13H29NS/c1-6-13(7-2)14(11-12(4)5)9-10-15-8-3/h12-13H,6-11H2,1-5H3. The van der Waals surface area contributed by atoms with Crippen molar-refractivity contribution in [1.82, 2.24) is 4.90 Å². The molecule has 0 aromatic rings. The van der Waals surface area contributed by atoms with Gasteiger partial charge in [0, 0.05) is 24.9 Å². The van der Waals surface area contributed by atoms with Gasteiger partial charge in [0.05, 0.1) is 0 Å². The lowest BCUT2D eigenvalue weighted by molar-refractivity contribution is 0.176. The van der Waals surface area contributed by atoms with Gasteiger partial charge in [-0.25, -0.2) is 0 Å². The summed E-state index contributed by atoms with van der Waals surface area (Å²) in [4.78, 5) is 2.69. The average Bonchev–Trinajstić information content (AvgIpc) is 2.19. The van der Waals surface area contributed by atoms with Crippen molar-refractivity contribution in [2.45, 2.75) is 53.5 Å². The van der Waals surface area contributed by atoms with Crippen LogP contribution in [0.3, 0.4) is 0 Å². The molecule has 0 bridgehead atoms. The zero-order chi connectivity index (χ0) is 11.7. The first kappa shape index (κ1) is 15.3. The van der Waals surface area contributed by atoms with Crippen LogP contribution in [-0.2, 0) is 0 Å². The van der Waals surface area contributed by atoms with E-state index in [0.29, 0.717) is 0 Å². The molecule has 0 atom stereocenters. The van der Waals surface area contributed by atoms with Gasteiger partial charge in [-0.3, -0.25) is 4.90 Å². The highest BCUT2D eigenvalue weighted by molar-refractivity contribution is 7.99. The van der Waals surface area contributed by atoms with Crippen LogP contribution in [0.5, 0.6) is 0 Å². The first-order chi connectivity index (χ1) is 7.15. The van der Waals surface area contributed by atoms with Crippen molar-refractivity contribution in [2.75, 3.05) is 24.6 Å². The molecule has 0 unspecified atom stereocenters. The number of thioether (sulfide) groups is 1. The SMILES string of the molecule is CCSCCN(CC(C)C)C(CC)CC. The van der Waals surface area contributed by atoms with Gasteiger partial charge < -0.3 is 0 Å². The lowest BCUT2D eigenvalue weighted by Gasteiger charge is -2.31. The second-order valence-corrected chi connectivity index (χ2v) is 5.95. The minimum atomic E-state index is 0.789. The Morgan fingerprint density at radius 2 is 1.67 bits per heavy atom. The average molecular weight is 231 g/mol. The summed E-state index contributed by atoms with van der Waals surface area (Å²) >= 11 is 2.06. The first-order valence-electron chi connectivity index (χ1n) is 6.47. The van der Waals surface area contributed by atoms with Crippen LogP contribution in [0.4, 0.5) is 0 Å². The first-order valence-corrected chi connectivity index (χ1v) is 7.62. The Kier molecular flexibility index (Phi) is 9.73. The van der Waals surface area contributed by atoms with Gasteiger partial charge in [-0.05, 0) is 24.5 Å². The van der Waals surface area contributed by atoms with Crippen molar-refractivity contribution >= 4 is 11.8 Å². The number of nitrogens with zero attached hydrogens (tertiary/aromatic N) is 1. The highest BCUT2D eigenvalue weighted by Gasteiger charge is 2.15. The largest absolute Gasteiger partial charge is 0.299 e. The van der Waals surface area contributed by atoms with E-state index in [4.69, 9.17) is 0 Å². The Hall–Kier alpha value is 0.310. The third-order valence-corrected chi connectivity index (χ3v) is 3.67. The Bertz CT molecular complexity index is 132. The molecule has 1 nitrogen and oxygen atoms in total. The highest BCUT2D eigenvalue weighted by Crippen LogP contribution is 2.12. The fraction of sp³-hybridized carbons (Fsp3) is 1.00. The van der Waals surface area contributed by atoms with Gasteiger partial charge in [0.25, 0.3) is 0 Å². The normalized spacial score (nSPS) is 12.0. The maximum atomic E-state index is 2.69. The minimum Gasteiger partial charge on any atom is -0.299 e. The van der Waals surface area contributed by atoms with E-state index in [1.165, 1.54) is 37.4 Å². The third-order valence-electron chi connectivity index (χ3n) is 2.79. The molecule has 0 spiro atoms. The van der Waals surface area contributed by atoms with Crippen molar-refractivity contribution in [3.05, 3.63) is 0 Å². The van der Waals surface area contributed by atoms with E-state index in [1.54, 1.807) is 0 Å². The maximum absolute atomic E-state index is 2.69. The zero-order valence-corrected chi connectivity index (χ0v) is 12.1. The van der Waals surface area contributed by atoms with Crippen LogP contribution in [0.15, 0.2) is 0 Å². The second-order valence-electron chi connectivity index (χ2n) is 4.56. The highest BCUT2D eigenvalue weighted by atomic mass is 32.2. The molecule has 0 amide bonds. The topological polar surface area (TPSA) is 3.24 Å². The van der Waals surface area contributed by atoms with E-state index in [0.717, 1.165) is 12.0 Å². The molecule has 0 aliphatic heterocycles. The predicted molar refractivity (Wildman–Crippen MR) is 73.8 cm³/mol. The van der Waals surface area contributed by atoms with E-state index >= 15 is 0 Å². The molecule has 0 aliphatic rings. The lowest BCUT2D eigenvalue weighted by Crippen LogP contribution is -2.38. The molecule has 0 aliphatic carbocycles. The monoisotopic (exact) mass is 231 g/mol. The van der Waals surface area contributed by atoms with E-state index < -0.39 is 0 Å². The van der Waals surface area contributed by atoms with Gasteiger partial charge in [0.1, 0.15) is 0 Å². The summed E-state index contributed by atoms with van der Waals surface area (Å²) in [7, 11) is 0. The van der Waals surface area contributed by atoms with E-state index in [1.807, 2.05) is 0 Å². The second kappa shape index (κ2) is 9.53. The van der Waals surface area contributed by atoms with Gasteiger partial charge in [-0.15, -0.1) is 0 Å². The fourth-order valence-corrected chi connectivity index (χ4v) is 2.68. The van der Waals surface area contributed by atoms with Crippen molar-refractivity contribution in [3.63, 3.8) is 0 Å². The van der Waals surface area contributed by atoms with Crippen LogP contribution < -0.4 is 0 Å². The molecule has 0 N–H and O–H groups in total. The fourth-order valence-electron chi connectivity index (χ4n) is 2.02. The molecule has 0 heterocycles. The molecule has 92 valence electrons. The Morgan fingerprint density at radius 3 is 2.07 bits per heavy atom. The minimum absolute atomic E-state index is 0.789. The van der Waals surface area contributed by atoms with Crippen molar-refractivity contribution in [1.29, 1.82) is 0 Å². The van der Waals surface area contributed by atoms with Crippen LogP contribution >= 0.6 is 11.8 Å². The summed E-state index contributed by atoms with van der Waals surface area (Å²) in [6.07, 6.45) is 2.58. The number of rotatable bonds is 9. The molecule has 15 heavy (non-hydrogen) atoms. The summed E-state index contributed by atoms with van der Waals surface area (Å²) < 4.78 is 0. The van der Waals surface area contributed by atoms with Gasteiger partial charge in [-0.2, -0.15) is 11.8 Å². The predicted octanol–water partition coefficient (Wildman–Crippen LogP) is 3.89. The van der Waals surface area contributed by atoms with Gasteiger partial charge in [-0.1, -0.05) is 34.6 Å². The van der Waals surface area contributed by atoms with E-state index in [2.05, 4.69) is 51.3 Å². The summed E-state index contributed by atoms with van der Waals surface area (Å²) in [5.74, 6) is 3.33. The van der Waals surface area contributed by atoms with Crippen molar-refractivity contribution < 1.29 is 0 Å². The number of hydrogen-bond donors (Lipinski definition) is 0. The van der Waals surface area contributed by atoms with Crippen LogP contribution in [0.1, 0.15) is 47.5 Å². The van der Waals surface area contributed by atoms with Crippen LogP contribution in [0, 0.1) is 5.92 Å². The Morgan fingerprint density at radius 1 is 1.07 bits per heavy atom. The van der Waals surface area contributed by atoms with E-state index in [-0.39, 0.29) is 0 Å². The molecule has 0 radical (unpaired) electrons. The van der Waals surface area contributed by atoms with Crippen LogP contribution in [0.2, 0.25) is 0 Å². The summed E-state index contributed by atoms with van der Waals surface area (Å²) in [5, 5.41) is 0. The van der Waals surface area contributed by atoms with Crippen LogP contribution in [-0.4, -0.2) is 35.5 Å². The summed E-state index contributed by atoms with van der Waals surface area (Å²) in [5.41, 5.74) is 0. The molecule has 0 saturated carbocycles. The molecule has 0 rings (SSSR count). The Balaban J connectivity index is 4.03. The van der Waals surface area contributed by atoms with E-state index in [9.17, 15) is 0 Å². The lowest BCUT2D eigenvalue weighted by atomic mass is 10.1. The molecule has 0 fully saturated rings. The van der Waals surface area contributed by atoms with Gasteiger partial charge in [0.2, 0.25) is 0 Å². The number of hydrogen-bond acceptors (Lipinski definition) is 2. The molecule has 0 aromatic heterocycles. The zero-order valence-electron chi connectivity index (χ0n) is 11.3. The maximum Gasteiger partial charge on any atom is 0.00904 e. The van der Waals surface area contributed by atoms with Crippen molar-refractivity contribution in [3.8, 4) is 0 Å². The molecule has 0 aromatic carbocycles. The Labute approximate surface area is 101 Å². The van der Waals surface area contributed by atoms with Gasteiger partial charge in [0.15, 0.2) is 0 Å². The molecule has 2 heteroatoms. The molecular weight excluding hydrogens is 202 g/mol. The van der Waals surface area contributed by atoms with Crippen LogP contribution in [0.25, 0.3) is 0 Å².